The Morgan fingerprint density at radius 3 is 2.90 bits per heavy atom. The number of esters is 1. The van der Waals surface area contributed by atoms with Gasteiger partial charge in [-0.15, -0.1) is 0 Å². The van der Waals surface area contributed by atoms with Crippen molar-refractivity contribution in [2.75, 3.05) is 18.9 Å². The first kappa shape index (κ1) is 15.8. The number of nitrogen functional groups attached to an aromatic ring is 1. The second-order valence-electron chi connectivity index (χ2n) is 4.31. The number of carbonyl (C=O) groups excluding carboxylic acids is 2. The molecule has 20 heavy (non-hydrogen) atoms. The zero-order valence-electron chi connectivity index (χ0n) is 11.6. The Morgan fingerprint density at radius 1 is 1.40 bits per heavy atom. The van der Waals surface area contributed by atoms with Crippen LogP contribution in [-0.4, -0.2) is 25.0 Å². The molecule has 0 atom stereocenters. The average Bonchev–Trinajstić information content (AvgIpc) is 2.43. The number of benzene rings is 1. The summed E-state index contributed by atoms with van der Waals surface area (Å²) in [7, 11) is 0. The molecule has 0 radical (unpaired) electrons. The van der Waals surface area contributed by atoms with E-state index < -0.39 is 5.97 Å². The van der Waals surface area contributed by atoms with Crippen LogP contribution in [-0.2, 0) is 14.3 Å². The Morgan fingerprint density at radius 2 is 2.20 bits per heavy atom. The summed E-state index contributed by atoms with van der Waals surface area (Å²) in [6.07, 6.45) is 4.78. The van der Waals surface area contributed by atoms with Crippen LogP contribution in [0.4, 0.5) is 5.69 Å². The molecule has 108 valence electrons. The summed E-state index contributed by atoms with van der Waals surface area (Å²) in [6, 6.07) is 7.11. The molecule has 1 aromatic rings. The summed E-state index contributed by atoms with van der Waals surface area (Å²) < 4.78 is 4.82. The molecule has 3 N–H and O–H groups in total. The molecule has 1 rings (SSSR count). The van der Waals surface area contributed by atoms with E-state index >= 15 is 0 Å². The summed E-state index contributed by atoms with van der Waals surface area (Å²) in [5, 5.41) is 2.66. The monoisotopic (exact) mass is 276 g/mol. The maximum atomic E-state index is 11.4. The topological polar surface area (TPSA) is 81.4 Å². The van der Waals surface area contributed by atoms with Crippen molar-refractivity contribution < 1.29 is 14.3 Å². The summed E-state index contributed by atoms with van der Waals surface area (Å²) in [4.78, 5) is 22.7. The van der Waals surface area contributed by atoms with Crippen LogP contribution in [0.5, 0.6) is 0 Å². The molecule has 0 aliphatic heterocycles. The van der Waals surface area contributed by atoms with E-state index in [1.165, 1.54) is 6.08 Å². The van der Waals surface area contributed by atoms with Crippen molar-refractivity contribution in [1.29, 1.82) is 0 Å². The van der Waals surface area contributed by atoms with Crippen molar-refractivity contribution in [1.82, 2.24) is 5.32 Å². The zero-order valence-corrected chi connectivity index (χ0v) is 11.6. The van der Waals surface area contributed by atoms with Gasteiger partial charge in [0.2, 0.25) is 0 Å². The molecule has 5 heteroatoms. The first-order valence-electron chi connectivity index (χ1n) is 6.59. The van der Waals surface area contributed by atoms with Gasteiger partial charge in [-0.3, -0.25) is 4.79 Å². The highest BCUT2D eigenvalue weighted by atomic mass is 16.5. The fourth-order valence-electron chi connectivity index (χ4n) is 1.47. The van der Waals surface area contributed by atoms with Gasteiger partial charge in [-0.25, -0.2) is 4.79 Å². The molecule has 1 amide bonds. The number of anilines is 1. The molecular formula is C15H20N2O3. The highest BCUT2D eigenvalue weighted by Crippen LogP contribution is 2.08. The van der Waals surface area contributed by atoms with Gasteiger partial charge in [-0.05, 0) is 30.2 Å². The number of unbranched alkanes of at least 4 members (excludes halogenated alkanes) is 1. The van der Waals surface area contributed by atoms with E-state index in [0.717, 1.165) is 18.4 Å². The van der Waals surface area contributed by atoms with Gasteiger partial charge in [0.1, 0.15) is 0 Å². The summed E-state index contributed by atoms with van der Waals surface area (Å²) in [5.74, 6) is -0.845. The van der Waals surface area contributed by atoms with Gasteiger partial charge in [0.15, 0.2) is 6.61 Å². The van der Waals surface area contributed by atoms with Crippen LogP contribution in [0.2, 0.25) is 0 Å². The lowest BCUT2D eigenvalue weighted by atomic mass is 10.2. The fourth-order valence-corrected chi connectivity index (χ4v) is 1.47. The Hall–Kier alpha value is -2.30. The van der Waals surface area contributed by atoms with E-state index in [4.69, 9.17) is 10.5 Å². The van der Waals surface area contributed by atoms with Crippen LogP contribution in [0, 0.1) is 0 Å². The van der Waals surface area contributed by atoms with Gasteiger partial charge >= 0.3 is 5.97 Å². The van der Waals surface area contributed by atoms with E-state index in [-0.39, 0.29) is 12.5 Å². The van der Waals surface area contributed by atoms with Crippen molar-refractivity contribution in [3.63, 3.8) is 0 Å². The van der Waals surface area contributed by atoms with Crippen LogP contribution in [0.3, 0.4) is 0 Å². The maximum absolute atomic E-state index is 11.4. The number of nitrogens with two attached hydrogens (primary N) is 1. The van der Waals surface area contributed by atoms with Gasteiger partial charge in [0.25, 0.3) is 5.91 Å². The highest BCUT2D eigenvalue weighted by Gasteiger charge is 2.03. The molecule has 0 aliphatic rings. The third-order valence-electron chi connectivity index (χ3n) is 2.52. The fraction of sp³-hybridized carbons (Fsp3) is 0.333. The van der Waals surface area contributed by atoms with E-state index in [2.05, 4.69) is 5.32 Å². The number of ether oxygens (including phenoxy) is 1. The van der Waals surface area contributed by atoms with E-state index in [0.29, 0.717) is 12.2 Å². The van der Waals surface area contributed by atoms with E-state index in [1.807, 2.05) is 13.0 Å². The van der Waals surface area contributed by atoms with Gasteiger partial charge in [-0.1, -0.05) is 25.5 Å². The number of carbonyl (C=O) groups is 2. The third-order valence-corrected chi connectivity index (χ3v) is 2.52. The van der Waals surface area contributed by atoms with Crippen LogP contribution < -0.4 is 11.1 Å². The Balaban J connectivity index is 2.31. The second kappa shape index (κ2) is 8.74. The van der Waals surface area contributed by atoms with Gasteiger partial charge in [-0.2, -0.15) is 0 Å². The minimum absolute atomic E-state index is 0.260. The molecule has 5 nitrogen and oxygen atoms in total. The molecule has 0 saturated heterocycles. The van der Waals surface area contributed by atoms with Crippen LogP contribution >= 0.6 is 0 Å². The first-order chi connectivity index (χ1) is 9.61. The molecule has 0 unspecified atom stereocenters. The number of nitrogens with one attached hydrogen (secondary N) is 1. The van der Waals surface area contributed by atoms with Crippen molar-refractivity contribution in [2.45, 2.75) is 19.8 Å². The number of rotatable bonds is 7. The average molecular weight is 276 g/mol. The Kier molecular flexibility index (Phi) is 6.89. The van der Waals surface area contributed by atoms with Crippen LogP contribution in [0.25, 0.3) is 6.08 Å². The van der Waals surface area contributed by atoms with E-state index in [9.17, 15) is 9.59 Å². The SMILES string of the molecule is CCCCNC(=O)COC(=O)/C=C/c1cccc(N)c1. The van der Waals surface area contributed by atoms with Gasteiger partial charge in [0, 0.05) is 18.3 Å². The molecule has 0 spiro atoms. The normalized spacial score (nSPS) is 10.4. The highest BCUT2D eigenvalue weighted by molar-refractivity contribution is 5.89. The predicted octanol–water partition coefficient (Wildman–Crippen LogP) is 1.74. The summed E-state index contributed by atoms with van der Waals surface area (Å²) in [5.41, 5.74) is 7.04. The summed E-state index contributed by atoms with van der Waals surface area (Å²) in [6.45, 7) is 2.38. The van der Waals surface area contributed by atoms with Gasteiger partial charge < -0.3 is 15.8 Å². The van der Waals surface area contributed by atoms with Crippen molar-refractivity contribution >= 4 is 23.6 Å². The van der Waals surface area contributed by atoms with Crippen molar-refractivity contribution in [3.05, 3.63) is 35.9 Å². The third kappa shape index (κ3) is 6.58. The van der Waals surface area contributed by atoms with Crippen molar-refractivity contribution in [3.8, 4) is 0 Å². The minimum atomic E-state index is -0.557. The van der Waals surface area contributed by atoms with Crippen LogP contribution in [0.1, 0.15) is 25.3 Å². The molecule has 0 bridgehead atoms. The molecule has 0 saturated carbocycles. The lowest BCUT2D eigenvalue weighted by Crippen LogP contribution is -2.29. The summed E-state index contributed by atoms with van der Waals surface area (Å²) >= 11 is 0. The minimum Gasteiger partial charge on any atom is -0.452 e. The molecule has 0 aromatic heterocycles. The maximum Gasteiger partial charge on any atom is 0.331 e. The second-order valence-corrected chi connectivity index (χ2v) is 4.31. The molecular weight excluding hydrogens is 256 g/mol. The zero-order chi connectivity index (χ0) is 14.8. The number of amides is 1. The molecule has 0 heterocycles. The lowest BCUT2D eigenvalue weighted by molar-refractivity contribution is -0.143. The smallest absolute Gasteiger partial charge is 0.331 e. The van der Waals surface area contributed by atoms with Gasteiger partial charge in [0.05, 0.1) is 0 Å². The Bertz CT molecular complexity index is 484. The quantitative estimate of drug-likeness (QED) is 0.344. The first-order valence-corrected chi connectivity index (χ1v) is 6.59. The number of hydrogen-bond donors (Lipinski definition) is 2. The standard InChI is InChI=1S/C15H20N2O3/c1-2-3-9-17-14(18)11-20-15(19)8-7-12-5-4-6-13(16)10-12/h4-8,10H,2-3,9,11,16H2,1H3,(H,17,18)/b8-7+. The van der Waals surface area contributed by atoms with Crippen LogP contribution in [0.15, 0.2) is 30.3 Å². The Labute approximate surface area is 118 Å². The predicted molar refractivity (Wildman–Crippen MR) is 78.8 cm³/mol. The number of hydrogen-bond acceptors (Lipinski definition) is 4. The molecule has 0 aliphatic carbocycles. The largest absolute Gasteiger partial charge is 0.452 e. The van der Waals surface area contributed by atoms with E-state index in [1.54, 1.807) is 24.3 Å². The lowest BCUT2D eigenvalue weighted by Gasteiger charge is -2.04. The van der Waals surface area contributed by atoms with Crippen molar-refractivity contribution in [2.24, 2.45) is 0 Å². The molecule has 0 fully saturated rings. The molecule has 1 aromatic carbocycles.